The first-order chi connectivity index (χ1) is 11.4. The van der Waals surface area contributed by atoms with Crippen molar-refractivity contribution in [1.29, 1.82) is 5.26 Å². The minimum absolute atomic E-state index is 0.248. The second kappa shape index (κ2) is 6.55. The fourth-order valence-electron chi connectivity index (χ4n) is 3.41. The van der Waals surface area contributed by atoms with Crippen LogP contribution in [0.3, 0.4) is 0 Å². The van der Waals surface area contributed by atoms with Crippen molar-refractivity contribution < 1.29 is 8.42 Å². The Hall–Kier alpha value is -1.88. The maximum Gasteiger partial charge on any atom is 0.211 e. The van der Waals surface area contributed by atoms with Crippen molar-refractivity contribution in [2.75, 3.05) is 32.4 Å². The van der Waals surface area contributed by atoms with Crippen LogP contribution in [0.25, 0.3) is 10.9 Å². The van der Waals surface area contributed by atoms with Crippen molar-refractivity contribution in [2.45, 2.75) is 19.4 Å². The van der Waals surface area contributed by atoms with Crippen LogP contribution >= 0.6 is 0 Å². The largest absolute Gasteiger partial charge is 0.346 e. The Bertz CT molecular complexity index is 874. The molecule has 0 saturated carbocycles. The Balaban J connectivity index is 1.74. The molecule has 1 N–H and O–H groups in total. The smallest absolute Gasteiger partial charge is 0.211 e. The van der Waals surface area contributed by atoms with Crippen LogP contribution in [-0.4, -0.2) is 61.1 Å². The van der Waals surface area contributed by atoms with Crippen molar-refractivity contribution in [2.24, 2.45) is 0 Å². The van der Waals surface area contributed by atoms with E-state index in [1.165, 1.54) is 10.6 Å². The Morgan fingerprint density at radius 3 is 2.54 bits per heavy atom. The molecule has 7 heteroatoms. The zero-order chi connectivity index (χ0) is 17.3. The average molecular weight is 346 g/mol. The molecule has 0 unspecified atom stereocenters. The van der Waals surface area contributed by atoms with E-state index in [2.05, 4.69) is 22.9 Å². The lowest BCUT2D eigenvalue weighted by molar-refractivity contribution is 0.145. The Morgan fingerprint density at radius 1 is 1.25 bits per heavy atom. The van der Waals surface area contributed by atoms with Crippen LogP contribution in [0.4, 0.5) is 0 Å². The van der Waals surface area contributed by atoms with Gasteiger partial charge in [0, 0.05) is 43.1 Å². The van der Waals surface area contributed by atoms with E-state index in [-0.39, 0.29) is 6.04 Å². The number of sulfonamides is 1. The van der Waals surface area contributed by atoms with Gasteiger partial charge in [0.2, 0.25) is 10.0 Å². The molecule has 0 radical (unpaired) electrons. The molecular weight excluding hydrogens is 324 g/mol. The highest BCUT2D eigenvalue weighted by atomic mass is 32.2. The summed E-state index contributed by atoms with van der Waals surface area (Å²) in [5.74, 6) is 0. The maximum absolute atomic E-state index is 11.6. The average Bonchev–Trinajstić information content (AvgIpc) is 2.92. The lowest BCUT2D eigenvalue weighted by atomic mass is 10.0. The standard InChI is InChI=1S/C17H22N4O2S/c1-13(20-7-9-21(10-8-20)24(2,22)23)11-15-14-5-3-4-6-16(14)19-17(15)12-18/h3-6,13,19H,7-11H2,1-2H3/t13-/m0/s1. The summed E-state index contributed by atoms with van der Waals surface area (Å²) < 4.78 is 24.8. The Kier molecular flexibility index (Phi) is 4.63. The van der Waals surface area contributed by atoms with Gasteiger partial charge in [-0.25, -0.2) is 8.42 Å². The highest BCUT2D eigenvalue weighted by molar-refractivity contribution is 7.88. The van der Waals surface area contributed by atoms with Crippen LogP contribution in [0, 0.1) is 11.3 Å². The number of fused-ring (bicyclic) bond motifs is 1. The van der Waals surface area contributed by atoms with Crippen molar-refractivity contribution >= 4 is 20.9 Å². The van der Waals surface area contributed by atoms with Crippen molar-refractivity contribution in [3.8, 4) is 6.07 Å². The zero-order valence-corrected chi connectivity index (χ0v) is 14.8. The molecule has 24 heavy (non-hydrogen) atoms. The van der Waals surface area contributed by atoms with E-state index in [4.69, 9.17) is 0 Å². The van der Waals surface area contributed by atoms with Gasteiger partial charge in [-0.1, -0.05) is 18.2 Å². The van der Waals surface area contributed by atoms with E-state index in [1.54, 1.807) is 0 Å². The van der Waals surface area contributed by atoms with E-state index in [0.717, 1.165) is 36.0 Å². The molecule has 2 aromatic rings. The first-order valence-corrected chi connectivity index (χ1v) is 9.94. The number of hydrogen-bond acceptors (Lipinski definition) is 4. The molecule has 0 bridgehead atoms. The molecule has 0 amide bonds. The first-order valence-electron chi connectivity index (χ1n) is 8.09. The Morgan fingerprint density at radius 2 is 1.92 bits per heavy atom. The maximum atomic E-state index is 11.6. The zero-order valence-electron chi connectivity index (χ0n) is 14.0. The number of benzene rings is 1. The molecule has 1 atom stereocenters. The summed E-state index contributed by atoms with van der Waals surface area (Å²) in [5.41, 5.74) is 2.65. The number of piperazine rings is 1. The summed E-state index contributed by atoms with van der Waals surface area (Å²) in [4.78, 5) is 5.48. The van der Waals surface area contributed by atoms with Gasteiger partial charge >= 0.3 is 0 Å². The minimum atomic E-state index is -3.11. The first kappa shape index (κ1) is 17.0. The van der Waals surface area contributed by atoms with Gasteiger partial charge in [-0.05, 0) is 25.0 Å². The van der Waals surface area contributed by atoms with Crippen molar-refractivity contribution in [1.82, 2.24) is 14.2 Å². The fraction of sp³-hybridized carbons (Fsp3) is 0.471. The molecule has 2 heterocycles. The monoisotopic (exact) mass is 346 g/mol. The molecular formula is C17H22N4O2S. The number of H-pyrrole nitrogens is 1. The summed E-state index contributed by atoms with van der Waals surface area (Å²) in [6.45, 7) is 4.64. The van der Waals surface area contributed by atoms with Gasteiger partial charge in [0.05, 0.1) is 6.26 Å². The number of rotatable bonds is 4. The highest BCUT2D eigenvalue weighted by Crippen LogP contribution is 2.24. The third-order valence-corrected chi connectivity index (χ3v) is 6.09. The van der Waals surface area contributed by atoms with Crippen molar-refractivity contribution in [3.63, 3.8) is 0 Å². The van der Waals surface area contributed by atoms with Gasteiger partial charge in [-0.2, -0.15) is 9.57 Å². The summed E-state index contributed by atoms with van der Waals surface area (Å²) in [7, 11) is -3.11. The highest BCUT2D eigenvalue weighted by Gasteiger charge is 2.26. The number of para-hydroxylation sites is 1. The predicted octanol–water partition coefficient (Wildman–Crippen LogP) is 1.55. The summed E-state index contributed by atoms with van der Waals surface area (Å²) in [6.07, 6.45) is 2.03. The Labute approximate surface area is 142 Å². The minimum Gasteiger partial charge on any atom is -0.346 e. The van der Waals surface area contributed by atoms with Crippen LogP contribution in [-0.2, 0) is 16.4 Å². The normalized spacial score (nSPS) is 18.5. The fourth-order valence-corrected chi connectivity index (χ4v) is 4.23. The van der Waals surface area contributed by atoms with Crippen LogP contribution in [0.5, 0.6) is 0 Å². The molecule has 128 valence electrons. The van der Waals surface area contributed by atoms with E-state index in [1.807, 2.05) is 24.3 Å². The molecule has 1 saturated heterocycles. The molecule has 1 aliphatic rings. The molecule has 6 nitrogen and oxygen atoms in total. The summed E-state index contributed by atoms with van der Waals surface area (Å²) in [5, 5.41) is 10.5. The second-order valence-electron chi connectivity index (χ2n) is 6.39. The SMILES string of the molecule is C[C@@H](Cc1c(C#N)[nH]c2ccccc12)N1CCN(S(C)(=O)=O)CC1. The van der Waals surface area contributed by atoms with E-state index in [9.17, 15) is 13.7 Å². The number of nitriles is 1. The van der Waals surface area contributed by atoms with Crippen LogP contribution in [0.1, 0.15) is 18.2 Å². The third kappa shape index (κ3) is 3.31. The third-order valence-electron chi connectivity index (χ3n) is 4.79. The molecule has 1 aromatic heterocycles. The van der Waals surface area contributed by atoms with Gasteiger partial charge in [-0.3, -0.25) is 4.90 Å². The molecule has 0 aliphatic carbocycles. The quantitative estimate of drug-likeness (QED) is 0.911. The number of aromatic nitrogens is 1. The number of hydrogen-bond donors (Lipinski definition) is 1. The van der Waals surface area contributed by atoms with Gasteiger partial charge in [0.15, 0.2) is 0 Å². The second-order valence-corrected chi connectivity index (χ2v) is 8.37. The van der Waals surface area contributed by atoms with Crippen LogP contribution < -0.4 is 0 Å². The molecule has 1 aliphatic heterocycles. The molecule has 1 fully saturated rings. The van der Waals surface area contributed by atoms with Crippen LogP contribution in [0.2, 0.25) is 0 Å². The summed E-state index contributed by atoms with van der Waals surface area (Å²) >= 11 is 0. The van der Waals surface area contributed by atoms with Crippen molar-refractivity contribution in [3.05, 3.63) is 35.5 Å². The van der Waals surface area contributed by atoms with Crippen LogP contribution in [0.15, 0.2) is 24.3 Å². The molecule has 1 aromatic carbocycles. The number of nitrogens with one attached hydrogen (secondary N) is 1. The van der Waals surface area contributed by atoms with Gasteiger partial charge in [-0.15, -0.1) is 0 Å². The topological polar surface area (TPSA) is 80.2 Å². The lowest BCUT2D eigenvalue weighted by Gasteiger charge is -2.37. The van der Waals surface area contributed by atoms with E-state index >= 15 is 0 Å². The van der Waals surface area contributed by atoms with Gasteiger partial charge in [0.25, 0.3) is 0 Å². The number of nitrogens with zero attached hydrogens (tertiary/aromatic N) is 3. The van der Waals surface area contributed by atoms with Gasteiger partial charge in [0.1, 0.15) is 11.8 Å². The van der Waals surface area contributed by atoms with E-state index < -0.39 is 10.0 Å². The summed E-state index contributed by atoms with van der Waals surface area (Å²) in [6, 6.07) is 10.5. The number of aromatic amines is 1. The van der Waals surface area contributed by atoms with E-state index in [0.29, 0.717) is 18.8 Å². The molecule has 0 spiro atoms. The lowest BCUT2D eigenvalue weighted by Crippen LogP contribution is -2.51. The van der Waals surface area contributed by atoms with Gasteiger partial charge < -0.3 is 4.98 Å². The predicted molar refractivity (Wildman–Crippen MR) is 94.2 cm³/mol. The molecule has 3 rings (SSSR count).